The molecule has 0 unspecified atom stereocenters. The third-order valence-corrected chi connectivity index (χ3v) is 4.48. The van der Waals surface area contributed by atoms with Gasteiger partial charge in [-0.05, 0) is 18.2 Å². The average molecular weight is 361 g/mol. The smallest absolute Gasteiger partial charge is 0.297 e. The highest BCUT2D eigenvalue weighted by atomic mass is 19.3. The minimum absolute atomic E-state index is 0.343. The highest BCUT2D eigenvalue weighted by Crippen LogP contribution is 2.22. The Hall–Kier alpha value is -2.97. The average Bonchev–Trinajstić information content (AvgIpc) is 3.18. The summed E-state index contributed by atoms with van der Waals surface area (Å²) < 4.78 is 31.3. The van der Waals surface area contributed by atoms with Crippen LogP contribution in [0.1, 0.15) is 0 Å². The lowest BCUT2D eigenvalue weighted by atomic mass is 10.2. The van der Waals surface area contributed by atoms with Crippen LogP contribution in [0, 0.1) is 0 Å². The minimum Gasteiger partial charge on any atom is -0.432 e. The quantitative estimate of drug-likeness (QED) is 0.708. The summed E-state index contributed by atoms with van der Waals surface area (Å²) in [6.07, 6.45) is 1.77. The number of oxazole rings is 1. The second-order valence-corrected chi connectivity index (χ2v) is 6.08. The fourth-order valence-electron chi connectivity index (χ4n) is 3.15. The Labute approximate surface area is 147 Å². The first-order valence-corrected chi connectivity index (χ1v) is 8.28. The number of benzene rings is 1. The summed E-state index contributed by atoms with van der Waals surface area (Å²) in [4.78, 5) is 24.9. The molecule has 0 N–H and O–H groups in total. The van der Waals surface area contributed by atoms with Gasteiger partial charge < -0.3 is 14.2 Å². The standard InChI is InChI=1S/C17H17F2N5O2/c18-15(19)10-24-11-21-14-9-12(1-2-13(14)16(24)25)22-4-6-23(7-5-22)17-20-3-8-26-17/h1-3,8-9,11,15H,4-7,10H2. The van der Waals surface area contributed by atoms with Crippen LogP contribution in [0.4, 0.5) is 20.5 Å². The number of aromatic nitrogens is 3. The van der Waals surface area contributed by atoms with Crippen LogP contribution in [0.2, 0.25) is 0 Å². The Balaban J connectivity index is 1.54. The zero-order chi connectivity index (χ0) is 18.1. The lowest BCUT2D eigenvalue weighted by Gasteiger charge is -2.35. The van der Waals surface area contributed by atoms with Crippen LogP contribution in [0.15, 0.2) is 46.2 Å². The van der Waals surface area contributed by atoms with E-state index in [1.54, 1.807) is 18.5 Å². The van der Waals surface area contributed by atoms with E-state index in [0.29, 0.717) is 16.9 Å². The lowest BCUT2D eigenvalue weighted by Crippen LogP contribution is -2.46. The maximum absolute atomic E-state index is 12.5. The lowest BCUT2D eigenvalue weighted by molar-refractivity contribution is 0.125. The molecule has 136 valence electrons. The molecule has 1 aromatic carbocycles. The van der Waals surface area contributed by atoms with Gasteiger partial charge in [0, 0.05) is 31.9 Å². The summed E-state index contributed by atoms with van der Waals surface area (Å²) in [6.45, 7) is 2.43. The maximum Gasteiger partial charge on any atom is 0.297 e. The van der Waals surface area contributed by atoms with Crippen LogP contribution in [0.3, 0.4) is 0 Å². The highest BCUT2D eigenvalue weighted by Gasteiger charge is 2.20. The molecule has 0 bridgehead atoms. The number of halogens is 2. The van der Waals surface area contributed by atoms with Crippen molar-refractivity contribution in [1.29, 1.82) is 0 Å². The molecule has 26 heavy (non-hydrogen) atoms. The number of hydrogen-bond acceptors (Lipinski definition) is 6. The molecule has 1 saturated heterocycles. The van der Waals surface area contributed by atoms with Gasteiger partial charge in [0.15, 0.2) is 0 Å². The molecule has 2 aromatic heterocycles. The summed E-state index contributed by atoms with van der Waals surface area (Å²) in [5, 5.41) is 0.343. The topological polar surface area (TPSA) is 67.4 Å². The Morgan fingerprint density at radius 1 is 1.12 bits per heavy atom. The van der Waals surface area contributed by atoms with Crippen molar-refractivity contribution >= 4 is 22.6 Å². The van der Waals surface area contributed by atoms with Crippen molar-refractivity contribution in [3.63, 3.8) is 0 Å². The summed E-state index contributed by atoms with van der Waals surface area (Å²) in [7, 11) is 0. The van der Waals surface area contributed by atoms with Crippen LogP contribution in [-0.4, -0.2) is 47.1 Å². The molecule has 1 aliphatic heterocycles. The van der Waals surface area contributed by atoms with Crippen LogP contribution in [0.5, 0.6) is 0 Å². The van der Waals surface area contributed by atoms with Gasteiger partial charge in [-0.15, -0.1) is 0 Å². The number of rotatable bonds is 4. The van der Waals surface area contributed by atoms with Crippen LogP contribution >= 0.6 is 0 Å². The van der Waals surface area contributed by atoms with E-state index in [9.17, 15) is 13.6 Å². The van der Waals surface area contributed by atoms with E-state index in [-0.39, 0.29) is 0 Å². The fourth-order valence-corrected chi connectivity index (χ4v) is 3.15. The van der Waals surface area contributed by atoms with Crippen molar-refractivity contribution in [3.8, 4) is 0 Å². The molecular weight excluding hydrogens is 344 g/mol. The molecule has 9 heteroatoms. The highest BCUT2D eigenvalue weighted by molar-refractivity contribution is 5.81. The van der Waals surface area contributed by atoms with Gasteiger partial charge >= 0.3 is 0 Å². The van der Waals surface area contributed by atoms with E-state index in [0.717, 1.165) is 36.4 Å². The summed E-state index contributed by atoms with van der Waals surface area (Å²) in [6, 6.07) is 5.93. The zero-order valence-electron chi connectivity index (χ0n) is 13.9. The molecule has 0 saturated carbocycles. The first-order chi connectivity index (χ1) is 12.6. The molecular formula is C17H17F2N5O2. The second-order valence-electron chi connectivity index (χ2n) is 6.08. The van der Waals surface area contributed by atoms with Gasteiger partial charge in [0.25, 0.3) is 18.0 Å². The molecule has 0 spiro atoms. The van der Waals surface area contributed by atoms with E-state index in [4.69, 9.17) is 4.42 Å². The van der Waals surface area contributed by atoms with E-state index in [1.807, 2.05) is 12.1 Å². The van der Waals surface area contributed by atoms with E-state index in [1.165, 1.54) is 6.33 Å². The number of nitrogens with zero attached hydrogens (tertiary/aromatic N) is 5. The predicted octanol–water partition coefficient (Wildman–Crippen LogP) is 1.98. The SMILES string of the molecule is O=c1c2ccc(N3CCN(c4ncco4)CC3)cc2ncn1CC(F)F. The second kappa shape index (κ2) is 6.74. The van der Waals surface area contributed by atoms with Gasteiger partial charge in [0.1, 0.15) is 6.26 Å². The largest absolute Gasteiger partial charge is 0.432 e. The van der Waals surface area contributed by atoms with Crippen molar-refractivity contribution in [3.05, 3.63) is 47.3 Å². The number of alkyl halides is 2. The van der Waals surface area contributed by atoms with Crippen molar-refractivity contribution in [1.82, 2.24) is 14.5 Å². The molecule has 0 atom stereocenters. The molecule has 3 aromatic rings. The third-order valence-electron chi connectivity index (χ3n) is 4.48. The Bertz CT molecular complexity index is 949. The van der Waals surface area contributed by atoms with E-state index < -0.39 is 18.5 Å². The Kier molecular flexibility index (Phi) is 4.27. The molecule has 0 radical (unpaired) electrons. The molecule has 0 amide bonds. The minimum atomic E-state index is -2.59. The molecule has 1 fully saturated rings. The fraction of sp³-hybridized carbons (Fsp3) is 0.353. The van der Waals surface area contributed by atoms with Gasteiger partial charge in [0.2, 0.25) is 0 Å². The monoisotopic (exact) mass is 361 g/mol. The summed E-state index contributed by atoms with van der Waals surface area (Å²) >= 11 is 0. The number of piperazine rings is 1. The van der Waals surface area contributed by atoms with Gasteiger partial charge in [0.05, 0.1) is 30.0 Å². The first kappa shape index (κ1) is 16.5. The van der Waals surface area contributed by atoms with Crippen LogP contribution in [-0.2, 0) is 6.54 Å². The van der Waals surface area contributed by atoms with Gasteiger partial charge in [-0.3, -0.25) is 9.36 Å². The molecule has 7 nitrogen and oxygen atoms in total. The van der Waals surface area contributed by atoms with Gasteiger partial charge in [-0.1, -0.05) is 0 Å². The molecule has 1 aliphatic rings. The molecule has 0 aliphatic carbocycles. The molecule has 4 rings (SSSR count). The number of fused-ring (bicyclic) bond motifs is 1. The van der Waals surface area contributed by atoms with Crippen molar-refractivity contribution in [2.24, 2.45) is 0 Å². The maximum atomic E-state index is 12.5. The Morgan fingerprint density at radius 3 is 2.58 bits per heavy atom. The normalized spacial score (nSPS) is 15.2. The van der Waals surface area contributed by atoms with E-state index >= 15 is 0 Å². The summed E-state index contributed by atoms with van der Waals surface area (Å²) in [5.41, 5.74) is 1.01. The predicted molar refractivity (Wildman–Crippen MR) is 92.9 cm³/mol. The third kappa shape index (κ3) is 3.12. The van der Waals surface area contributed by atoms with Gasteiger partial charge in [-0.2, -0.15) is 0 Å². The zero-order valence-corrected chi connectivity index (χ0v) is 13.9. The van der Waals surface area contributed by atoms with Gasteiger partial charge in [-0.25, -0.2) is 18.7 Å². The van der Waals surface area contributed by atoms with Crippen molar-refractivity contribution in [2.75, 3.05) is 36.0 Å². The van der Waals surface area contributed by atoms with E-state index in [2.05, 4.69) is 19.8 Å². The molecule has 3 heterocycles. The number of hydrogen-bond donors (Lipinski definition) is 0. The first-order valence-electron chi connectivity index (χ1n) is 8.28. The van der Waals surface area contributed by atoms with Crippen LogP contribution < -0.4 is 15.4 Å². The van der Waals surface area contributed by atoms with Crippen molar-refractivity contribution in [2.45, 2.75) is 13.0 Å². The number of anilines is 2. The summed E-state index contributed by atoms with van der Waals surface area (Å²) in [5.74, 6) is 0. The van der Waals surface area contributed by atoms with Crippen molar-refractivity contribution < 1.29 is 13.2 Å². The Morgan fingerprint density at radius 2 is 1.88 bits per heavy atom. The van der Waals surface area contributed by atoms with Crippen LogP contribution in [0.25, 0.3) is 10.9 Å².